The van der Waals surface area contributed by atoms with Gasteiger partial charge in [-0.3, -0.25) is 0 Å². The van der Waals surface area contributed by atoms with Gasteiger partial charge in [-0.25, -0.2) is 0 Å². The van der Waals surface area contributed by atoms with Crippen LogP contribution in [-0.2, 0) is 6.42 Å². The predicted molar refractivity (Wildman–Crippen MR) is 71.7 cm³/mol. The van der Waals surface area contributed by atoms with Gasteiger partial charge >= 0.3 is 6.36 Å². The molecular formula is C15H20F3NO. The highest BCUT2D eigenvalue weighted by Gasteiger charge is 2.33. The Morgan fingerprint density at radius 1 is 1.25 bits per heavy atom. The summed E-state index contributed by atoms with van der Waals surface area (Å²) in [5.74, 6) is -0.162. The standard InChI is InChI=1S/C15H20F3NO/c1-2-8-14(9-3-10-19-14)11-12-4-6-13(7-5-12)20-15(16,17)18/h4-7,19H,2-3,8-11H2,1H3. The molecule has 1 aromatic carbocycles. The lowest BCUT2D eigenvalue weighted by Crippen LogP contribution is -2.41. The third kappa shape index (κ3) is 4.13. The number of hydrogen-bond acceptors (Lipinski definition) is 2. The lowest BCUT2D eigenvalue weighted by atomic mass is 9.85. The number of halogens is 3. The van der Waals surface area contributed by atoms with Gasteiger partial charge in [0.2, 0.25) is 0 Å². The summed E-state index contributed by atoms with van der Waals surface area (Å²) in [5.41, 5.74) is 1.16. The second-order valence-electron chi connectivity index (χ2n) is 5.43. The van der Waals surface area contributed by atoms with Crippen LogP contribution in [0.2, 0.25) is 0 Å². The Labute approximate surface area is 117 Å². The molecule has 1 aliphatic rings. The number of nitrogens with one attached hydrogen (secondary N) is 1. The van der Waals surface area contributed by atoms with Gasteiger partial charge in [-0.2, -0.15) is 0 Å². The molecule has 5 heteroatoms. The maximum absolute atomic E-state index is 12.1. The second-order valence-corrected chi connectivity index (χ2v) is 5.43. The first-order valence-electron chi connectivity index (χ1n) is 7.02. The summed E-state index contributed by atoms with van der Waals surface area (Å²) in [6.07, 6.45) is 0.706. The molecule has 20 heavy (non-hydrogen) atoms. The minimum absolute atomic E-state index is 0.112. The van der Waals surface area contributed by atoms with Crippen molar-refractivity contribution >= 4 is 0 Å². The zero-order valence-electron chi connectivity index (χ0n) is 11.6. The van der Waals surface area contributed by atoms with Gasteiger partial charge in [-0.1, -0.05) is 25.5 Å². The van der Waals surface area contributed by atoms with E-state index in [2.05, 4.69) is 17.0 Å². The van der Waals surface area contributed by atoms with Crippen LogP contribution in [0.5, 0.6) is 5.75 Å². The van der Waals surface area contributed by atoms with Gasteiger partial charge in [0.25, 0.3) is 0 Å². The Kier molecular flexibility index (Phi) is 4.58. The molecule has 1 N–H and O–H groups in total. The molecule has 2 rings (SSSR count). The van der Waals surface area contributed by atoms with E-state index in [1.807, 2.05) is 0 Å². The molecule has 1 aliphatic heterocycles. The number of rotatable bonds is 5. The molecular weight excluding hydrogens is 267 g/mol. The highest BCUT2D eigenvalue weighted by atomic mass is 19.4. The molecule has 0 spiro atoms. The van der Waals surface area contributed by atoms with Crippen molar-refractivity contribution in [3.63, 3.8) is 0 Å². The Morgan fingerprint density at radius 3 is 2.45 bits per heavy atom. The van der Waals surface area contributed by atoms with Crippen molar-refractivity contribution in [2.75, 3.05) is 6.54 Å². The van der Waals surface area contributed by atoms with Gasteiger partial charge in [0.15, 0.2) is 0 Å². The third-order valence-electron chi connectivity index (χ3n) is 3.76. The molecule has 1 heterocycles. The maximum atomic E-state index is 12.1. The van der Waals surface area contributed by atoms with Gasteiger partial charge in [-0.15, -0.1) is 13.2 Å². The van der Waals surface area contributed by atoms with E-state index in [9.17, 15) is 13.2 Å². The molecule has 0 bridgehead atoms. The largest absolute Gasteiger partial charge is 0.573 e. The van der Waals surface area contributed by atoms with Crippen LogP contribution in [0, 0.1) is 0 Å². The van der Waals surface area contributed by atoms with Crippen molar-refractivity contribution in [3.8, 4) is 5.75 Å². The van der Waals surface area contributed by atoms with Crippen molar-refractivity contribution in [3.05, 3.63) is 29.8 Å². The van der Waals surface area contributed by atoms with Crippen LogP contribution in [0.25, 0.3) is 0 Å². The molecule has 0 aromatic heterocycles. The van der Waals surface area contributed by atoms with Crippen LogP contribution >= 0.6 is 0 Å². The average Bonchev–Trinajstić information content (AvgIpc) is 2.79. The first-order valence-corrected chi connectivity index (χ1v) is 7.02. The first-order chi connectivity index (χ1) is 9.42. The van der Waals surface area contributed by atoms with E-state index in [0.717, 1.165) is 44.2 Å². The zero-order valence-corrected chi connectivity index (χ0v) is 11.6. The fourth-order valence-corrected chi connectivity index (χ4v) is 3.00. The topological polar surface area (TPSA) is 21.3 Å². The molecule has 0 saturated carbocycles. The Bertz CT molecular complexity index is 422. The number of alkyl halides is 3. The zero-order chi connectivity index (χ0) is 14.6. The number of benzene rings is 1. The molecule has 1 saturated heterocycles. The van der Waals surface area contributed by atoms with E-state index >= 15 is 0 Å². The van der Waals surface area contributed by atoms with Crippen molar-refractivity contribution < 1.29 is 17.9 Å². The lowest BCUT2D eigenvalue weighted by Gasteiger charge is -2.29. The molecule has 1 fully saturated rings. The van der Waals surface area contributed by atoms with E-state index < -0.39 is 6.36 Å². The van der Waals surface area contributed by atoms with Crippen molar-refractivity contribution in [2.45, 2.75) is 50.9 Å². The van der Waals surface area contributed by atoms with Gasteiger partial charge in [-0.05, 0) is 49.9 Å². The monoisotopic (exact) mass is 287 g/mol. The normalized spacial score (nSPS) is 23.0. The van der Waals surface area contributed by atoms with Gasteiger partial charge in [0.05, 0.1) is 0 Å². The summed E-state index contributed by atoms with van der Waals surface area (Å²) >= 11 is 0. The van der Waals surface area contributed by atoms with Crippen LogP contribution in [0.3, 0.4) is 0 Å². The van der Waals surface area contributed by atoms with Crippen LogP contribution in [0.15, 0.2) is 24.3 Å². The minimum atomic E-state index is -4.63. The van der Waals surface area contributed by atoms with Crippen LogP contribution in [-0.4, -0.2) is 18.4 Å². The van der Waals surface area contributed by atoms with E-state index in [-0.39, 0.29) is 11.3 Å². The van der Waals surface area contributed by atoms with Crippen LogP contribution in [0.1, 0.15) is 38.2 Å². The number of ether oxygens (including phenoxy) is 1. The second kappa shape index (κ2) is 6.04. The fraction of sp³-hybridized carbons (Fsp3) is 0.600. The molecule has 1 unspecified atom stereocenters. The summed E-state index contributed by atoms with van der Waals surface area (Å²) in [4.78, 5) is 0. The van der Waals surface area contributed by atoms with Gasteiger partial charge in [0, 0.05) is 5.54 Å². The molecule has 2 nitrogen and oxygen atoms in total. The summed E-state index contributed by atoms with van der Waals surface area (Å²) in [5, 5.41) is 3.56. The quantitative estimate of drug-likeness (QED) is 0.882. The Morgan fingerprint density at radius 2 is 1.95 bits per heavy atom. The highest BCUT2D eigenvalue weighted by Crippen LogP contribution is 2.30. The van der Waals surface area contributed by atoms with Crippen LogP contribution < -0.4 is 10.1 Å². The van der Waals surface area contributed by atoms with E-state index in [1.54, 1.807) is 12.1 Å². The highest BCUT2D eigenvalue weighted by molar-refractivity contribution is 5.29. The summed E-state index contributed by atoms with van der Waals surface area (Å²) < 4.78 is 40.2. The predicted octanol–water partition coefficient (Wildman–Crippen LogP) is 4.05. The van der Waals surface area contributed by atoms with Crippen molar-refractivity contribution in [1.82, 2.24) is 5.32 Å². The molecule has 0 amide bonds. The fourth-order valence-electron chi connectivity index (χ4n) is 3.00. The molecule has 0 radical (unpaired) electrons. The molecule has 112 valence electrons. The van der Waals surface area contributed by atoms with E-state index in [0.29, 0.717) is 0 Å². The summed E-state index contributed by atoms with van der Waals surface area (Å²) in [6.45, 7) is 3.18. The summed E-state index contributed by atoms with van der Waals surface area (Å²) in [6, 6.07) is 6.21. The minimum Gasteiger partial charge on any atom is -0.406 e. The Balaban J connectivity index is 2.02. The Hall–Kier alpha value is -1.23. The summed E-state index contributed by atoms with van der Waals surface area (Å²) in [7, 11) is 0. The smallest absolute Gasteiger partial charge is 0.406 e. The van der Waals surface area contributed by atoms with E-state index in [1.165, 1.54) is 12.1 Å². The van der Waals surface area contributed by atoms with Gasteiger partial charge in [0.1, 0.15) is 5.75 Å². The average molecular weight is 287 g/mol. The number of hydrogen-bond donors (Lipinski definition) is 1. The lowest BCUT2D eigenvalue weighted by molar-refractivity contribution is -0.274. The van der Waals surface area contributed by atoms with Crippen molar-refractivity contribution in [1.29, 1.82) is 0 Å². The van der Waals surface area contributed by atoms with Gasteiger partial charge < -0.3 is 10.1 Å². The molecule has 1 atom stereocenters. The molecule has 0 aliphatic carbocycles. The van der Waals surface area contributed by atoms with Crippen molar-refractivity contribution in [2.24, 2.45) is 0 Å². The molecule has 1 aromatic rings. The SMILES string of the molecule is CCCC1(Cc2ccc(OC(F)(F)F)cc2)CCCN1. The maximum Gasteiger partial charge on any atom is 0.573 e. The van der Waals surface area contributed by atoms with Crippen LogP contribution in [0.4, 0.5) is 13.2 Å². The first kappa shape index (κ1) is 15.2. The third-order valence-corrected chi connectivity index (χ3v) is 3.76. The van der Waals surface area contributed by atoms with E-state index in [4.69, 9.17) is 0 Å².